The summed E-state index contributed by atoms with van der Waals surface area (Å²) in [6, 6.07) is 11.0. The number of pyridine rings is 1. The van der Waals surface area contributed by atoms with Crippen molar-refractivity contribution in [3.05, 3.63) is 53.9 Å². The molecule has 2 aromatic heterocycles. The van der Waals surface area contributed by atoms with Gasteiger partial charge in [0.05, 0.1) is 6.04 Å². The van der Waals surface area contributed by atoms with E-state index in [1.165, 1.54) is 11.1 Å². The van der Waals surface area contributed by atoms with Crippen molar-refractivity contribution >= 4 is 17.1 Å². The highest BCUT2D eigenvalue weighted by molar-refractivity contribution is 5.81. The molecule has 174 valence electrons. The molecule has 2 fully saturated rings. The number of nitrogens with zero attached hydrogens (tertiary/aromatic N) is 2. The van der Waals surface area contributed by atoms with Crippen LogP contribution < -0.4 is 0 Å². The van der Waals surface area contributed by atoms with Crippen molar-refractivity contribution in [2.75, 3.05) is 19.8 Å². The second-order valence-corrected chi connectivity index (χ2v) is 10.2. The average Bonchev–Trinajstić information content (AvgIpc) is 3.47. The molecule has 1 atom stereocenters. The lowest BCUT2D eigenvalue weighted by Crippen LogP contribution is -2.36. The lowest BCUT2D eigenvalue weighted by molar-refractivity contribution is 0.0222. The summed E-state index contributed by atoms with van der Waals surface area (Å²) in [6.07, 6.45) is 7.59. The van der Waals surface area contributed by atoms with Gasteiger partial charge in [-0.1, -0.05) is 12.1 Å². The molecule has 0 aliphatic carbocycles. The zero-order chi connectivity index (χ0) is 23.0. The molecule has 33 heavy (non-hydrogen) atoms. The van der Waals surface area contributed by atoms with Gasteiger partial charge >= 0.3 is 6.09 Å². The van der Waals surface area contributed by atoms with Crippen molar-refractivity contribution in [2.45, 2.75) is 64.0 Å². The quantitative estimate of drug-likeness (QED) is 0.519. The Morgan fingerprint density at radius 1 is 1.09 bits per heavy atom. The highest BCUT2D eigenvalue weighted by Gasteiger charge is 2.35. The standard InChI is InChI=1S/C27H33N3O3/c1-27(2,3)33-26(31)30-12-4-5-24(30)23-16-19(6-7-22(23)18-9-13-32-14-10-18)21-15-20-8-11-28-25(20)29-17-21/h6-8,11,15-18,24H,4-5,9-10,12-14H2,1-3H3,(H,28,29)/t24-/m0/s1. The van der Waals surface area contributed by atoms with Crippen molar-refractivity contribution in [1.82, 2.24) is 14.9 Å². The molecule has 2 saturated heterocycles. The minimum absolute atomic E-state index is 0.0293. The number of likely N-dealkylation sites (tertiary alicyclic amines) is 1. The van der Waals surface area contributed by atoms with Gasteiger partial charge in [-0.2, -0.15) is 0 Å². The van der Waals surface area contributed by atoms with E-state index in [1.54, 1.807) is 0 Å². The number of carbonyl (C=O) groups excluding carboxylic acids is 1. The molecule has 3 aromatic rings. The van der Waals surface area contributed by atoms with Gasteiger partial charge < -0.3 is 19.4 Å². The lowest BCUT2D eigenvalue weighted by Gasteiger charge is -2.32. The maximum atomic E-state index is 13.1. The monoisotopic (exact) mass is 447 g/mol. The number of ether oxygens (including phenoxy) is 2. The van der Waals surface area contributed by atoms with Crippen LogP contribution in [0.25, 0.3) is 22.2 Å². The van der Waals surface area contributed by atoms with Crippen molar-refractivity contribution in [1.29, 1.82) is 0 Å². The van der Waals surface area contributed by atoms with E-state index >= 15 is 0 Å². The highest BCUT2D eigenvalue weighted by Crippen LogP contribution is 2.41. The predicted molar refractivity (Wildman–Crippen MR) is 129 cm³/mol. The molecule has 1 aromatic carbocycles. The fraction of sp³-hybridized carbons (Fsp3) is 0.481. The van der Waals surface area contributed by atoms with Gasteiger partial charge in [-0.25, -0.2) is 9.78 Å². The molecule has 0 unspecified atom stereocenters. The minimum Gasteiger partial charge on any atom is -0.444 e. The van der Waals surface area contributed by atoms with Crippen LogP contribution in [-0.4, -0.2) is 46.3 Å². The van der Waals surface area contributed by atoms with Crippen LogP contribution in [0.1, 0.15) is 69.5 Å². The molecule has 0 spiro atoms. The Hall–Kier alpha value is -2.86. The Labute approximate surface area is 195 Å². The zero-order valence-corrected chi connectivity index (χ0v) is 19.8. The van der Waals surface area contributed by atoms with Crippen LogP contribution in [0.3, 0.4) is 0 Å². The number of aromatic nitrogens is 2. The molecule has 4 heterocycles. The summed E-state index contributed by atoms with van der Waals surface area (Å²) >= 11 is 0. The third-order valence-electron chi connectivity index (χ3n) is 6.72. The van der Waals surface area contributed by atoms with Gasteiger partial charge in [-0.15, -0.1) is 0 Å². The van der Waals surface area contributed by atoms with E-state index < -0.39 is 5.60 Å². The van der Waals surface area contributed by atoms with E-state index in [0.717, 1.165) is 67.6 Å². The van der Waals surface area contributed by atoms with Crippen LogP contribution in [0.4, 0.5) is 4.79 Å². The number of hydrogen-bond acceptors (Lipinski definition) is 4. The van der Waals surface area contributed by atoms with E-state index in [2.05, 4.69) is 34.2 Å². The Morgan fingerprint density at radius 2 is 1.91 bits per heavy atom. The van der Waals surface area contributed by atoms with Crippen LogP contribution in [-0.2, 0) is 9.47 Å². The molecule has 6 nitrogen and oxygen atoms in total. The SMILES string of the molecule is CC(C)(C)OC(=O)N1CCC[C@H]1c1cc(-c2cnc3[nH]ccc3c2)ccc1C1CCOCC1. The summed E-state index contributed by atoms with van der Waals surface area (Å²) in [4.78, 5) is 22.8. The number of aromatic amines is 1. The van der Waals surface area contributed by atoms with Gasteiger partial charge in [0.1, 0.15) is 11.2 Å². The number of rotatable bonds is 3. The second kappa shape index (κ2) is 8.82. The third kappa shape index (κ3) is 4.62. The Morgan fingerprint density at radius 3 is 2.70 bits per heavy atom. The number of benzene rings is 1. The van der Waals surface area contributed by atoms with E-state index in [-0.39, 0.29) is 12.1 Å². The van der Waals surface area contributed by atoms with E-state index in [0.29, 0.717) is 5.92 Å². The largest absolute Gasteiger partial charge is 0.444 e. The molecular formula is C27H33N3O3. The second-order valence-electron chi connectivity index (χ2n) is 10.2. The minimum atomic E-state index is -0.507. The van der Waals surface area contributed by atoms with Gasteiger partial charge in [-0.05, 0) is 87.3 Å². The first-order valence-electron chi connectivity index (χ1n) is 12.0. The van der Waals surface area contributed by atoms with Crippen LogP contribution in [0.15, 0.2) is 42.7 Å². The molecule has 0 radical (unpaired) electrons. The third-order valence-corrected chi connectivity index (χ3v) is 6.72. The number of nitrogens with one attached hydrogen (secondary N) is 1. The fourth-order valence-corrected chi connectivity index (χ4v) is 5.15. The molecular weight excluding hydrogens is 414 g/mol. The number of carbonyl (C=O) groups is 1. The summed E-state index contributed by atoms with van der Waals surface area (Å²) in [5.41, 5.74) is 5.20. The average molecular weight is 448 g/mol. The lowest BCUT2D eigenvalue weighted by atomic mass is 9.84. The molecule has 1 N–H and O–H groups in total. The number of H-pyrrole nitrogens is 1. The van der Waals surface area contributed by atoms with Crippen LogP contribution in [0.5, 0.6) is 0 Å². The Kier molecular flexibility index (Phi) is 5.87. The van der Waals surface area contributed by atoms with Crippen LogP contribution >= 0.6 is 0 Å². The van der Waals surface area contributed by atoms with Crippen molar-refractivity contribution in [3.63, 3.8) is 0 Å². The van der Waals surface area contributed by atoms with Gasteiger partial charge in [0.25, 0.3) is 0 Å². The fourth-order valence-electron chi connectivity index (χ4n) is 5.15. The van der Waals surface area contributed by atoms with E-state index in [1.807, 2.05) is 44.1 Å². The molecule has 0 saturated carbocycles. The number of hydrogen-bond donors (Lipinski definition) is 1. The first-order valence-corrected chi connectivity index (χ1v) is 12.0. The topological polar surface area (TPSA) is 67.5 Å². The Bertz CT molecular complexity index is 1140. The van der Waals surface area contributed by atoms with Crippen molar-refractivity contribution < 1.29 is 14.3 Å². The molecule has 1 amide bonds. The van der Waals surface area contributed by atoms with Gasteiger partial charge in [0, 0.05) is 43.1 Å². The number of amides is 1. The summed E-state index contributed by atoms with van der Waals surface area (Å²) in [6.45, 7) is 8.09. The van der Waals surface area contributed by atoms with Crippen molar-refractivity contribution in [3.8, 4) is 11.1 Å². The van der Waals surface area contributed by atoms with Crippen LogP contribution in [0.2, 0.25) is 0 Å². The summed E-state index contributed by atoms with van der Waals surface area (Å²) < 4.78 is 11.4. The molecule has 0 bridgehead atoms. The normalized spacial score (nSPS) is 19.8. The predicted octanol–water partition coefficient (Wildman–Crippen LogP) is 6.20. The molecule has 5 rings (SSSR count). The van der Waals surface area contributed by atoms with Gasteiger partial charge in [0.2, 0.25) is 0 Å². The Balaban J connectivity index is 1.55. The molecule has 6 heteroatoms. The van der Waals surface area contributed by atoms with Crippen molar-refractivity contribution in [2.24, 2.45) is 0 Å². The number of fused-ring (bicyclic) bond motifs is 1. The summed E-state index contributed by atoms with van der Waals surface area (Å²) in [5.74, 6) is 0.453. The highest BCUT2D eigenvalue weighted by atomic mass is 16.6. The molecule has 2 aliphatic heterocycles. The molecule has 2 aliphatic rings. The maximum absolute atomic E-state index is 13.1. The zero-order valence-electron chi connectivity index (χ0n) is 19.8. The van der Waals surface area contributed by atoms with Gasteiger partial charge in [-0.3, -0.25) is 0 Å². The van der Waals surface area contributed by atoms with E-state index in [4.69, 9.17) is 9.47 Å². The van der Waals surface area contributed by atoms with E-state index in [9.17, 15) is 4.79 Å². The summed E-state index contributed by atoms with van der Waals surface area (Å²) in [5, 5.41) is 1.10. The smallest absolute Gasteiger partial charge is 0.410 e. The van der Waals surface area contributed by atoms with Crippen LogP contribution in [0, 0.1) is 0 Å². The summed E-state index contributed by atoms with van der Waals surface area (Å²) in [7, 11) is 0. The first kappa shape index (κ1) is 22.0. The van der Waals surface area contributed by atoms with Gasteiger partial charge in [0.15, 0.2) is 0 Å². The first-order chi connectivity index (χ1) is 15.9. The maximum Gasteiger partial charge on any atom is 0.410 e.